The monoisotopic (exact) mass is 310 g/mol. The van der Waals surface area contributed by atoms with Crippen LogP contribution in [0, 0.1) is 0 Å². The molecule has 1 aromatic rings. The van der Waals surface area contributed by atoms with E-state index in [1.807, 2.05) is 0 Å². The number of carbonyl (C=O) groups excluding carboxylic acids is 1. The number of hydrogen-bond acceptors (Lipinski definition) is 5. The molecule has 2 unspecified atom stereocenters. The first-order valence-corrected chi connectivity index (χ1v) is 6.83. The number of carboxylic acids is 1. The van der Waals surface area contributed by atoms with Crippen LogP contribution in [0.2, 0.25) is 0 Å². The molecule has 0 saturated carbocycles. The van der Waals surface area contributed by atoms with E-state index >= 15 is 0 Å². The standard InChI is InChI=1S/C15H22N2O5/c1-9(21-11-8-6-5-7-10(11)16)12(13(18)19)17-14(20)22-15(2,3)4/h5-9,12H,16H2,1-4H3,(H,17,20)(H,18,19). The molecule has 1 rings (SSSR count). The van der Waals surface area contributed by atoms with Crippen molar-refractivity contribution in [3.8, 4) is 5.75 Å². The molecule has 0 fully saturated rings. The second-order valence-corrected chi connectivity index (χ2v) is 5.82. The van der Waals surface area contributed by atoms with Crippen LogP contribution in [-0.2, 0) is 9.53 Å². The third kappa shape index (κ3) is 5.51. The van der Waals surface area contributed by atoms with Gasteiger partial charge in [-0.2, -0.15) is 0 Å². The fourth-order valence-electron chi connectivity index (χ4n) is 1.67. The van der Waals surface area contributed by atoms with Gasteiger partial charge in [0, 0.05) is 0 Å². The quantitative estimate of drug-likeness (QED) is 0.717. The fourth-order valence-corrected chi connectivity index (χ4v) is 1.67. The van der Waals surface area contributed by atoms with Crippen LogP contribution < -0.4 is 15.8 Å². The van der Waals surface area contributed by atoms with Gasteiger partial charge >= 0.3 is 12.1 Å². The van der Waals surface area contributed by atoms with E-state index < -0.39 is 29.8 Å². The summed E-state index contributed by atoms with van der Waals surface area (Å²) in [5, 5.41) is 11.5. The summed E-state index contributed by atoms with van der Waals surface area (Å²) >= 11 is 0. The summed E-state index contributed by atoms with van der Waals surface area (Å²) in [4.78, 5) is 23.1. The molecule has 1 amide bonds. The first-order chi connectivity index (χ1) is 10.1. The number of carbonyl (C=O) groups is 2. The van der Waals surface area contributed by atoms with Gasteiger partial charge in [-0.3, -0.25) is 0 Å². The first-order valence-electron chi connectivity index (χ1n) is 6.83. The molecule has 0 aromatic heterocycles. The van der Waals surface area contributed by atoms with E-state index in [1.54, 1.807) is 45.0 Å². The number of hydrogen-bond donors (Lipinski definition) is 3. The van der Waals surface area contributed by atoms with Crippen LogP contribution in [-0.4, -0.2) is 34.9 Å². The molecule has 0 saturated heterocycles. The van der Waals surface area contributed by atoms with Crippen LogP contribution in [0.25, 0.3) is 0 Å². The normalized spacial score (nSPS) is 13.8. The van der Waals surface area contributed by atoms with Crippen molar-refractivity contribution in [3.63, 3.8) is 0 Å². The summed E-state index contributed by atoms with van der Waals surface area (Å²) in [5.74, 6) is -0.875. The third-order valence-corrected chi connectivity index (χ3v) is 2.64. The molecule has 0 radical (unpaired) electrons. The van der Waals surface area contributed by atoms with Crippen molar-refractivity contribution in [2.45, 2.75) is 45.4 Å². The number of amides is 1. The van der Waals surface area contributed by atoms with Crippen molar-refractivity contribution >= 4 is 17.7 Å². The summed E-state index contributed by atoms with van der Waals surface area (Å²) in [6, 6.07) is 5.45. The van der Waals surface area contributed by atoms with Crippen molar-refractivity contribution in [3.05, 3.63) is 24.3 Å². The highest BCUT2D eigenvalue weighted by atomic mass is 16.6. The molecule has 22 heavy (non-hydrogen) atoms. The van der Waals surface area contributed by atoms with Crippen molar-refractivity contribution in [2.24, 2.45) is 0 Å². The number of nitrogen functional groups attached to an aromatic ring is 1. The third-order valence-electron chi connectivity index (χ3n) is 2.64. The van der Waals surface area contributed by atoms with Gasteiger partial charge in [0.15, 0.2) is 6.04 Å². The number of anilines is 1. The second-order valence-electron chi connectivity index (χ2n) is 5.82. The van der Waals surface area contributed by atoms with Gasteiger partial charge in [0.2, 0.25) is 0 Å². The molecule has 0 aliphatic carbocycles. The van der Waals surface area contributed by atoms with E-state index in [4.69, 9.17) is 15.2 Å². The maximum Gasteiger partial charge on any atom is 0.408 e. The van der Waals surface area contributed by atoms with Crippen LogP contribution in [0.15, 0.2) is 24.3 Å². The van der Waals surface area contributed by atoms with Gasteiger partial charge in [-0.05, 0) is 39.8 Å². The number of alkyl carbamates (subject to hydrolysis) is 1. The number of carboxylic acid groups (broad SMARTS) is 1. The number of nitrogens with one attached hydrogen (secondary N) is 1. The number of ether oxygens (including phenoxy) is 2. The summed E-state index contributed by atoms with van der Waals surface area (Å²) < 4.78 is 10.6. The predicted molar refractivity (Wildman–Crippen MR) is 81.7 cm³/mol. The van der Waals surface area contributed by atoms with Crippen LogP contribution in [0.3, 0.4) is 0 Å². The predicted octanol–water partition coefficient (Wildman–Crippen LogP) is 2.01. The van der Waals surface area contributed by atoms with E-state index in [1.165, 1.54) is 6.92 Å². The lowest BCUT2D eigenvalue weighted by Gasteiger charge is -2.25. The second kappa shape index (κ2) is 7.02. The van der Waals surface area contributed by atoms with E-state index in [0.29, 0.717) is 11.4 Å². The Morgan fingerprint density at radius 1 is 1.27 bits per heavy atom. The van der Waals surface area contributed by atoms with Gasteiger partial charge in [0.05, 0.1) is 5.69 Å². The van der Waals surface area contributed by atoms with Gasteiger partial charge in [-0.25, -0.2) is 9.59 Å². The molecular weight excluding hydrogens is 288 g/mol. The Balaban J connectivity index is 2.76. The Labute approximate surface area is 129 Å². The minimum absolute atomic E-state index is 0.354. The molecule has 0 heterocycles. The SMILES string of the molecule is CC(Oc1ccccc1N)C(NC(=O)OC(C)(C)C)C(=O)O. The number of nitrogens with two attached hydrogens (primary N) is 1. The topological polar surface area (TPSA) is 111 Å². The van der Waals surface area contributed by atoms with Gasteiger partial charge < -0.3 is 25.6 Å². The minimum atomic E-state index is -1.27. The van der Waals surface area contributed by atoms with Gasteiger partial charge in [-0.1, -0.05) is 12.1 Å². The Hall–Kier alpha value is -2.44. The maximum atomic E-state index is 11.7. The van der Waals surface area contributed by atoms with Gasteiger partial charge in [-0.15, -0.1) is 0 Å². The first kappa shape index (κ1) is 17.6. The minimum Gasteiger partial charge on any atom is -0.486 e. The summed E-state index contributed by atoms with van der Waals surface area (Å²) in [5.41, 5.74) is 5.41. The molecule has 2 atom stereocenters. The molecule has 7 nitrogen and oxygen atoms in total. The summed E-state index contributed by atoms with van der Waals surface area (Å²) in [6.45, 7) is 6.59. The largest absolute Gasteiger partial charge is 0.486 e. The highest BCUT2D eigenvalue weighted by molar-refractivity contribution is 5.80. The Kier molecular flexibility index (Phi) is 5.62. The van der Waals surface area contributed by atoms with Crippen molar-refractivity contribution in [1.82, 2.24) is 5.32 Å². The van der Waals surface area contributed by atoms with E-state index in [2.05, 4.69) is 5.32 Å². The average Bonchev–Trinajstić information content (AvgIpc) is 2.36. The molecule has 0 aliphatic heterocycles. The van der Waals surface area contributed by atoms with Crippen molar-refractivity contribution in [1.29, 1.82) is 0 Å². The smallest absolute Gasteiger partial charge is 0.408 e. The van der Waals surface area contributed by atoms with E-state index in [9.17, 15) is 14.7 Å². The maximum absolute atomic E-state index is 11.7. The summed E-state index contributed by atoms with van der Waals surface area (Å²) in [7, 11) is 0. The number of benzene rings is 1. The van der Waals surface area contributed by atoms with E-state index in [0.717, 1.165) is 0 Å². The number of para-hydroxylation sites is 2. The molecule has 4 N–H and O–H groups in total. The van der Waals surface area contributed by atoms with E-state index in [-0.39, 0.29) is 0 Å². The van der Waals surface area contributed by atoms with Crippen LogP contribution in [0.1, 0.15) is 27.7 Å². The molecule has 1 aromatic carbocycles. The van der Waals surface area contributed by atoms with Crippen LogP contribution >= 0.6 is 0 Å². The van der Waals surface area contributed by atoms with Crippen LogP contribution in [0.5, 0.6) is 5.75 Å². The number of aliphatic carboxylic acids is 1. The highest BCUT2D eigenvalue weighted by Gasteiger charge is 2.30. The lowest BCUT2D eigenvalue weighted by atomic mass is 10.2. The lowest BCUT2D eigenvalue weighted by Crippen LogP contribution is -2.51. The Morgan fingerprint density at radius 2 is 1.86 bits per heavy atom. The fraction of sp³-hybridized carbons (Fsp3) is 0.467. The zero-order valence-corrected chi connectivity index (χ0v) is 13.1. The summed E-state index contributed by atoms with van der Waals surface area (Å²) in [6.07, 6.45) is -1.66. The molecule has 0 aliphatic rings. The van der Waals surface area contributed by atoms with Crippen LogP contribution in [0.4, 0.5) is 10.5 Å². The zero-order valence-electron chi connectivity index (χ0n) is 13.1. The number of rotatable bonds is 5. The molecular formula is C15H22N2O5. The molecule has 0 spiro atoms. The van der Waals surface area contributed by atoms with Gasteiger partial charge in [0.1, 0.15) is 17.5 Å². The Morgan fingerprint density at radius 3 is 2.36 bits per heavy atom. The van der Waals surface area contributed by atoms with Gasteiger partial charge in [0.25, 0.3) is 0 Å². The highest BCUT2D eigenvalue weighted by Crippen LogP contribution is 2.22. The lowest BCUT2D eigenvalue weighted by molar-refractivity contribution is -0.141. The average molecular weight is 310 g/mol. The van der Waals surface area contributed by atoms with Crippen molar-refractivity contribution in [2.75, 3.05) is 5.73 Å². The molecule has 122 valence electrons. The zero-order chi connectivity index (χ0) is 16.9. The molecule has 7 heteroatoms. The molecule has 0 bridgehead atoms. The Bertz CT molecular complexity index is 539. The van der Waals surface area contributed by atoms with Crippen molar-refractivity contribution < 1.29 is 24.2 Å².